The van der Waals surface area contributed by atoms with E-state index in [0.29, 0.717) is 0 Å². The molecular formula is C21H18ClFN2O2. The number of carbonyl (C=O) groups excluding carboxylic acids is 2. The van der Waals surface area contributed by atoms with Crippen LogP contribution in [0.5, 0.6) is 0 Å². The van der Waals surface area contributed by atoms with Gasteiger partial charge in [0.2, 0.25) is 5.91 Å². The molecule has 0 saturated heterocycles. The van der Waals surface area contributed by atoms with Crippen LogP contribution >= 0.6 is 11.6 Å². The number of carbonyl (C=O) groups is 2. The third kappa shape index (κ3) is 4.44. The summed E-state index contributed by atoms with van der Waals surface area (Å²) < 4.78 is 13.0. The molecule has 0 spiro atoms. The number of anilines is 1. The first-order valence-electron chi connectivity index (χ1n) is 8.44. The van der Waals surface area contributed by atoms with E-state index in [1.54, 1.807) is 11.9 Å². The van der Waals surface area contributed by atoms with Gasteiger partial charge in [0, 0.05) is 25.7 Å². The molecule has 0 aliphatic carbocycles. The summed E-state index contributed by atoms with van der Waals surface area (Å²) in [5, 5.41) is 4.82. The number of amides is 2. The van der Waals surface area contributed by atoms with Gasteiger partial charge < -0.3 is 10.2 Å². The average Bonchev–Trinajstić information content (AvgIpc) is 2.66. The molecule has 0 saturated carbocycles. The van der Waals surface area contributed by atoms with Crippen molar-refractivity contribution in [2.24, 2.45) is 0 Å². The quantitative estimate of drug-likeness (QED) is 0.708. The third-order valence-corrected chi connectivity index (χ3v) is 4.61. The minimum atomic E-state index is -0.510. The molecule has 3 aromatic carbocycles. The van der Waals surface area contributed by atoms with Crippen molar-refractivity contribution in [2.75, 3.05) is 18.5 Å². The van der Waals surface area contributed by atoms with E-state index in [2.05, 4.69) is 5.32 Å². The number of hydrogen-bond acceptors (Lipinski definition) is 2. The summed E-state index contributed by atoms with van der Waals surface area (Å²) in [6, 6.07) is 17.3. The van der Waals surface area contributed by atoms with E-state index < -0.39 is 11.7 Å². The standard InChI is InChI=1S/C21H18ClFN2O2/c1-25(17-8-6-14-4-2-3-5-15(14)12-17)20(26)10-11-24-21(27)18-9-7-16(23)13-19(18)22/h2-9,12-13H,10-11H2,1H3,(H,24,27). The molecule has 0 atom stereocenters. The van der Waals surface area contributed by atoms with Gasteiger partial charge >= 0.3 is 0 Å². The van der Waals surface area contributed by atoms with Gasteiger partial charge in [-0.3, -0.25) is 9.59 Å². The van der Waals surface area contributed by atoms with Crippen molar-refractivity contribution in [2.45, 2.75) is 6.42 Å². The van der Waals surface area contributed by atoms with Gasteiger partial charge in [0.05, 0.1) is 10.6 Å². The van der Waals surface area contributed by atoms with Crippen LogP contribution in [-0.2, 0) is 4.79 Å². The SMILES string of the molecule is CN(C(=O)CCNC(=O)c1ccc(F)cc1Cl)c1ccc2ccccc2c1. The molecule has 2 amide bonds. The summed E-state index contributed by atoms with van der Waals surface area (Å²) in [5.74, 6) is -1.08. The summed E-state index contributed by atoms with van der Waals surface area (Å²) in [6.45, 7) is 0.156. The Morgan fingerprint density at radius 2 is 1.78 bits per heavy atom. The molecule has 27 heavy (non-hydrogen) atoms. The molecule has 3 rings (SSSR count). The van der Waals surface area contributed by atoms with E-state index in [-0.39, 0.29) is 29.5 Å². The smallest absolute Gasteiger partial charge is 0.252 e. The Balaban J connectivity index is 1.58. The zero-order chi connectivity index (χ0) is 19.4. The highest BCUT2D eigenvalue weighted by Gasteiger charge is 2.14. The van der Waals surface area contributed by atoms with Crippen LogP contribution in [0.4, 0.5) is 10.1 Å². The fourth-order valence-electron chi connectivity index (χ4n) is 2.75. The molecule has 6 heteroatoms. The van der Waals surface area contributed by atoms with E-state index in [1.165, 1.54) is 12.1 Å². The van der Waals surface area contributed by atoms with E-state index in [1.807, 2.05) is 42.5 Å². The van der Waals surface area contributed by atoms with Crippen molar-refractivity contribution in [1.29, 1.82) is 0 Å². The number of halogens is 2. The molecular weight excluding hydrogens is 367 g/mol. The summed E-state index contributed by atoms with van der Waals surface area (Å²) in [5.41, 5.74) is 0.958. The third-order valence-electron chi connectivity index (χ3n) is 4.29. The summed E-state index contributed by atoms with van der Waals surface area (Å²) in [7, 11) is 1.70. The van der Waals surface area contributed by atoms with Gasteiger partial charge in [-0.1, -0.05) is 41.9 Å². The number of benzene rings is 3. The highest BCUT2D eigenvalue weighted by molar-refractivity contribution is 6.33. The van der Waals surface area contributed by atoms with Crippen LogP contribution in [0.3, 0.4) is 0 Å². The van der Waals surface area contributed by atoms with Crippen molar-refractivity contribution in [3.8, 4) is 0 Å². The van der Waals surface area contributed by atoms with Crippen LogP contribution in [0, 0.1) is 5.82 Å². The molecule has 0 bridgehead atoms. The molecule has 0 fully saturated rings. The molecule has 0 aromatic heterocycles. The maximum Gasteiger partial charge on any atom is 0.252 e. The Bertz CT molecular complexity index is 1010. The second kappa shape index (κ2) is 8.18. The summed E-state index contributed by atoms with van der Waals surface area (Å²) in [4.78, 5) is 26.1. The van der Waals surface area contributed by atoms with Crippen LogP contribution in [0.25, 0.3) is 10.8 Å². The second-order valence-electron chi connectivity index (χ2n) is 6.11. The lowest BCUT2D eigenvalue weighted by molar-refractivity contribution is -0.118. The Hall–Kier alpha value is -2.92. The summed E-state index contributed by atoms with van der Waals surface area (Å²) >= 11 is 5.87. The lowest BCUT2D eigenvalue weighted by Crippen LogP contribution is -2.32. The molecule has 138 valence electrons. The topological polar surface area (TPSA) is 49.4 Å². The van der Waals surface area contributed by atoms with E-state index in [9.17, 15) is 14.0 Å². The van der Waals surface area contributed by atoms with Crippen molar-refractivity contribution in [3.63, 3.8) is 0 Å². The highest BCUT2D eigenvalue weighted by atomic mass is 35.5. The molecule has 4 nitrogen and oxygen atoms in total. The van der Waals surface area contributed by atoms with Crippen LogP contribution < -0.4 is 10.2 Å². The van der Waals surface area contributed by atoms with E-state index in [4.69, 9.17) is 11.6 Å². The predicted molar refractivity (Wildman–Crippen MR) is 106 cm³/mol. The zero-order valence-corrected chi connectivity index (χ0v) is 15.5. The predicted octanol–water partition coefficient (Wildman–Crippen LogP) is 4.42. The van der Waals surface area contributed by atoms with Crippen LogP contribution in [0.15, 0.2) is 60.7 Å². The fraction of sp³-hybridized carbons (Fsp3) is 0.143. The van der Waals surface area contributed by atoms with Gasteiger partial charge in [0.1, 0.15) is 5.82 Å². The minimum Gasteiger partial charge on any atom is -0.351 e. The molecule has 0 aliphatic heterocycles. The van der Waals surface area contributed by atoms with Gasteiger partial charge in [0.25, 0.3) is 5.91 Å². The second-order valence-corrected chi connectivity index (χ2v) is 6.52. The van der Waals surface area contributed by atoms with Crippen LogP contribution in [0.2, 0.25) is 5.02 Å². The zero-order valence-electron chi connectivity index (χ0n) is 14.7. The van der Waals surface area contributed by atoms with Crippen molar-refractivity contribution < 1.29 is 14.0 Å². The molecule has 0 heterocycles. The van der Waals surface area contributed by atoms with Gasteiger partial charge in [-0.15, -0.1) is 0 Å². The number of hydrogen-bond donors (Lipinski definition) is 1. The lowest BCUT2D eigenvalue weighted by Gasteiger charge is -2.18. The summed E-state index contributed by atoms with van der Waals surface area (Å²) in [6.07, 6.45) is 0.133. The van der Waals surface area contributed by atoms with Gasteiger partial charge in [-0.25, -0.2) is 4.39 Å². The van der Waals surface area contributed by atoms with Crippen molar-refractivity contribution in [3.05, 3.63) is 77.1 Å². The van der Waals surface area contributed by atoms with Crippen molar-refractivity contribution in [1.82, 2.24) is 5.32 Å². The average molecular weight is 385 g/mol. The maximum absolute atomic E-state index is 13.0. The van der Waals surface area contributed by atoms with Crippen LogP contribution in [-0.4, -0.2) is 25.4 Å². The van der Waals surface area contributed by atoms with Gasteiger partial charge in [-0.05, 0) is 41.1 Å². The number of nitrogens with zero attached hydrogens (tertiary/aromatic N) is 1. The molecule has 1 N–H and O–H groups in total. The minimum absolute atomic E-state index is 0.0344. The van der Waals surface area contributed by atoms with Gasteiger partial charge in [-0.2, -0.15) is 0 Å². The first-order chi connectivity index (χ1) is 13.0. The van der Waals surface area contributed by atoms with E-state index in [0.717, 1.165) is 22.5 Å². The number of fused-ring (bicyclic) bond motifs is 1. The van der Waals surface area contributed by atoms with Crippen LogP contribution in [0.1, 0.15) is 16.8 Å². The highest BCUT2D eigenvalue weighted by Crippen LogP contribution is 2.22. The number of nitrogens with one attached hydrogen (secondary N) is 1. The Kier molecular flexibility index (Phi) is 5.72. The molecule has 0 unspecified atom stereocenters. The molecule has 3 aromatic rings. The first-order valence-corrected chi connectivity index (χ1v) is 8.82. The Labute approximate surface area is 161 Å². The van der Waals surface area contributed by atoms with E-state index >= 15 is 0 Å². The monoisotopic (exact) mass is 384 g/mol. The maximum atomic E-state index is 13.0. The fourth-order valence-corrected chi connectivity index (χ4v) is 3.00. The van der Waals surface area contributed by atoms with Crippen molar-refractivity contribution >= 4 is 39.9 Å². The van der Waals surface area contributed by atoms with Gasteiger partial charge in [0.15, 0.2) is 0 Å². The molecule has 0 radical (unpaired) electrons. The normalized spacial score (nSPS) is 10.6. The first kappa shape index (κ1) is 18.9. The Morgan fingerprint density at radius 3 is 2.52 bits per heavy atom. The lowest BCUT2D eigenvalue weighted by atomic mass is 10.1. The largest absolute Gasteiger partial charge is 0.351 e. The molecule has 0 aliphatic rings. The Morgan fingerprint density at radius 1 is 1.04 bits per heavy atom. The number of rotatable bonds is 5.